The third-order valence-electron chi connectivity index (χ3n) is 5.29. The molecule has 2 N–H and O–H groups in total. The average Bonchev–Trinajstić information content (AvgIpc) is 3.26. The van der Waals surface area contributed by atoms with Crippen LogP contribution in [0.1, 0.15) is 53.4 Å². The first-order valence-corrected chi connectivity index (χ1v) is 10.6. The first-order chi connectivity index (χ1) is 13.7. The number of fused-ring (bicyclic) bond motifs is 1. The van der Waals surface area contributed by atoms with Crippen LogP contribution in [0.4, 0.5) is 5.82 Å². The molecule has 5 rings (SSSR count). The Morgan fingerprint density at radius 3 is 2.96 bits per heavy atom. The number of aromatic nitrogens is 4. The lowest BCUT2D eigenvalue weighted by Gasteiger charge is -2.15. The van der Waals surface area contributed by atoms with E-state index in [-0.39, 0.29) is 11.5 Å². The van der Waals surface area contributed by atoms with E-state index in [9.17, 15) is 9.59 Å². The Kier molecular flexibility index (Phi) is 4.35. The van der Waals surface area contributed by atoms with Crippen LogP contribution >= 0.6 is 11.3 Å². The summed E-state index contributed by atoms with van der Waals surface area (Å²) >= 11 is 1.56. The van der Waals surface area contributed by atoms with E-state index in [2.05, 4.69) is 20.4 Å². The number of aromatic amines is 1. The first-order valence-electron chi connectivity index (χ1n) is 9.72. The Morgan fingerprint density at radius 1 is 1.32 bits per heavy atom. The fourth-order valence-electron chi connectivity index (χ4n) is 3.68. The molecule has 0 unspecified atom stereocenters. The predicted octanol–water partition coefficient (Wildman–Crippen LogP) is 2.95. The molecular formula is C20H21N5O2S. The molecule has 0 radical (unpaired) electrons. The molecule has 3 aromatic heterocycles. The van der Waals surface area contributed by atoms with Crippen molar-refractivity contribution in [1.82, 2.24) is 19.7 Å². The van der Waals surface area contributed by atoms with Gasteiger partial charge >= 0.3 is 0 Å². The molecule has 2 aliphatic rings. The van der Waals surface area contributed by atoms with Gasteiger partial charge in [-0.05, 0) is 50.0 Å². The Morgan fingerprint density at radius 2 is 2.18 bits per heavy atom. The molecule has 1 amide bonds. The Bertz CT molecular complexity index is 1080. The molecule has 3 aromatic rings. The number of hydrogen-bond donors (Lipinski definition) is 2. The van der Waals surface area contributed by atoms with Crippen molar-refractivity contribution >= 4 is 23.1 Å². The summed E-state index contributed by atoms with van der Waals surface area (Å²) in [5, 5.41) is 9.57. The van der Waals surface area contributed by atoms with Crippen molar-refractivity contribution < 1.29 is 4.79 Å². The number of thiophene rings is 1. The third-order valence-corrected chi connectivity index (χ3v) is 6.16. The number of anilines is 1. The number of carbonyl (C=O) groups is 1. The van der Waals surface area contributed by atoms with Gasteiger partial charge in [-0.15, -0.1) is 11.3 Å². The lowest BCUT2D eigenvalue weighted by Crippen LogP contribution is -2.25. The zero-order valence-corrected chi connectivity index (χ0v) is 16.2. The van der Waals surface area contributed by atoms with Crippen molar-refractivity contribution in [3.63, 3.8) is 0 Å². The van der Waals surface area contributed by atoms with Gasteiger partial charge in [0.2, 0.25) is 11.9 Å². The van der Waals surface area contributed by atoms with Crippen LogP contribution in [0.5, 0.6) is 0 Å². The number of H-pyrrole nitrogens is 1. The van der Waals surface area contributed by atoms with Gasteiger partial charge in [-0.3, -0.25) is 14.6 Å². The lowest BCUT2D eigenvalue weighted by molar-refractivity contribution is -0.115. The van der Waals surface area contributed by atoms with Gasteiger partial charge in [0, 0.05) is 22.4 Å². The summed E-state index contributed by atoms with van der Waals surface area (Å²) in [6, 6.07) is 5.79. The maximum absolute atomic E-state index is 12.5. The summed E-state index contributed by atoms with van der Waals surface area (Å²) in [6.07, 6.45) is 6.17. The van der Waals surface area contributed by atoms with Gasteiger partial charge in [-0.2, -0.15) is 9.78 Å². The summed E-state index contributed by atoms with van der Waals surface area (Å²) in [7, 11) is 0. The second-order valence-electron chi connectivity index (χ2n) is 7.47. The number of rotatable bonds is 5. The molecular weight excluding hydrogens is 374 g/mol. The highest BCUT2D eigenvalue weighted by Gasteiger charge is 2.29. The SMILES string of the molecule is O=C(Cc1cccs1)Nc1cc(C2CC2)nn1-c1nc2c(c(=O)[nH]1)CCCC2. The lowest BCUT2D eigenvalue weighted by atomic mass is 9.97. The van der Waals surface area contributed by atoms with Crippen LogP contribution in [0.25, 0.3) is 5.95 Å². The molecule has 1 fully saturated rings. The van der Waals surface area contributed by atoms with Gasteiger partial charge in [0.15, 0.2) is 0 Å². The quantitative estimate of drug-likeness (QED) is 0.695. The highest BCUT2D eigenvalue weighted by molar-refractivity contribution is 7.10. The Labute approximate surface area is 165 Å². The normalized spacial score (nSPS) is 16.0. The summed E-state index contributed by atoms with van der Waals surface area (Å²) in [5.74, 6) is 1.26. The summed E-state index contributed by atoms with van der Waals surface area (Å²) in [4.78, 5) is 33.6. The standard InChI is InChI=1S/C20H21N5O2S/c26-18(10-13-4-3-9-28-13)22-17-11-16(12-7-8-12)24-25(17)20-21-15-6-2-1-5-14(15)19(27)23-20/h3-4,9,11-12H,1-2,5-8,10H2,(H,22,26)(H,21,23,27). The topological polar surface area (TPSA) is 92.7 Å². The molecule has 0 spiro atoms. The van der Waals surface area contributed by atoms with Crippen LogP contribution in [0.15, 0.2) is 28.4 Å². The minimum atomic E-state index is -0.105. The molecule has 0 aliphatic heterocycles. The molecule has 144 valence electrons. The second-order valence-corrected chi connectivity index (χ2v) is 8.50. The Hall–Kier alpha value is -2.74. The van der Waals surface area contributed by atoms with Gasteiger partial charge < -0.3 is 5.32 Å². The van der Waals surface area contributed by atoms with E-state index < -0.39 is 0 Å². The number of amides is 1. The average molecular weight is 395 g/mol. The maximum atomic E-state index is 12.5. The van der Waals surface area contributed by atoms with E-state index in [1.54, 1.807) is 16.0 Å². The summed E-state index contributed by atoms with van der Waals surface area (Å²) < 4.78 is 1.58. The van der Waals surface area contributed by atoms with E-state index in [4.69, 9.17) is 0 Å². The molecule has 3 heterocycles. The second kappa shape index (κ2) is 7.01. The van der Waals surface area contributed by atoms with E-state index >= 15 is 0 Å². The largest absolute Gasteiger partial charge is 0.310 e. The van der Waals surface area contributed by atoms with Crippen molar-refractivity contribution in [3.8, 4) is 5.95 Å². The highest BCUT2D eigenvalue weighted by Crippen LogP contribution is 2.40. The molecule has 8 heteroatoms. The minimum Gasteiger partial charge on any atom is -0.310 e. The molecule has 1 saturated carbocycles. The van der Waals surface area contributed by atoms with Gasteiger partial charge in [-0.25, -0.2) is 4.98 Å². The predicted molar refractivity (Wildman–Crippen MR) is 107 cm³/mol. The molecule has 0 saturated heterocycles. The van der Waals surface area contributed by atoms with Crippen LogP contribution in [-0.4, -0.2) is 25.7 Å². The van der Waals surface area contributed by atoms with Crippen LogP contribution < -0.4 is 10.9 Å². The van der Waals surface area contributed by atoms with E-state index in [0.29, 0.717) is 24.1 Å². The minimum absolute atomic E-state index is 0.0981. The van der Waals surface area contributed by atoms with Crippen molar-refractivity contribution in [2.75, 3.05) is 5.32 Å². The Balaban J connectivity index is 1.49. The molecule has 2 aliphatic carbocycles. The van der Waals surface area contributed by atoms with E-state index in [0.717, 1.165) is 60.4 Å². The zero-order valence-electron chi connectivity index (χ0n) is 15.4. The van der Waals surface area contributed by atoms with E-state index in [1.165, 1.54) is 0 Å². The van der Waals surface area contributed by atoms with Crippen molar-refractivity contribution in [2.24, 2.45) is 0 Å². The fraction of sp³-hybridized carbons (Fsp3) is 0.400. The molecule has 0 bridgehead atoms. The summed E-state index contributed by atoms with van der Waals surface area (Å²) in [5.41, 5.74) is 2.48. The number of nitrogens with one attached hydrogen (secondary N) is 2. The van der Waals surface area contributed by atoms with Crippen molar-refractivity contribution in [1.29, 1.82) is 0 Å². The van der Waals surface area contributed by atoms with Crippen LogP contribution in [-0.2, 0) is 24.1 Å². The van der Waals surface area contributed by atoms with Gasteiger partial charge in [0.05, 0.1) is 17.8 Å². The zero-order chi connectivity index (χ0) is 19.1. The number of nitrogens with zero attached hydrogens (tertiary/aromatic N) is 3. The first kappa shape index (κ1) is 17.4. The van der Waals surface area contributed by atoms with Crippen molar-refractivity contribution in [2.45, 2.75) is 50.9 Å². The molecule has 0 atom stereocenters. The molecule has 28 heavy (non-hydrogen) atoms. The summed E-state index contributed by atoms with van der Waals surface area (Å²) in [6.45, 7) is 0. The smallest absolute Gasteiger partial charge is 0.255 e. The monoisotopic (exact) mass is 395 g/mol. The van der Waals surface area contributed by atoms with Crippen LogP contribution in [0.2, 0.25) is 0 Å². The van der Waals surface area contributed by atoms with Gasteiger partial charge in [0.1, 0.15) is 5.82 Å². The maximum Gasteiger partial charge on any atom is 0.255 e. The third kappa shape index (κ3) is 3.40. The number of aryl methyl sites for hydroxylation is 1. The molecule has 7 nitrogen and oxygen atoms in total. The van der Waals surface area contributed by atoms with Gasteiger partial charge in [-0.1, -0.05) is 6.07 Å². The van der Waals surface area contributed by atoms with E-state index in [1.807, 2.05) is 23.6 Å². The van der Waals surface area contributed by atoms with Crippen LogP contribution in [0.3, 0.4) is 0 Å². The molecule has 0 aromatic carbocycles. The number of carbonyl (C=O) groups excluding carboxylic acids is 1. The number of hydrogen-bond acceptors (Lipinski definition) is 5. The highest BCUT2D eigenvalue weighted by atomic mass is 32.1. The van der Waals surface area contributed by atoms with Crippen LogP contribution in [0, 0.1) is 0 Å². The van der Waals surface area contributed by atoms with Gasteiger partial charge in [0.25, 0.3) is 5.56 Å². The van der Waals surface area contributed by atoms with Crippen molar-refractivity contribution in [3.05, 3.63) is 55.8 Å². The fourth-order valence-corrected chi connectivity index (χ4v) is 4.38.